The van der Waals surface area contributed by atoms with Gasteiger partial charge in [0, 0.05) is 39.3 Å². The fraction of sp³-hybridized carbons (Fsp3) is 0.923. The number of carbonyl (C=O) groups excluding carboxylic acids is 1. The second kappa shape index (κ2) is 5.99. The summed E-state index contributed by atoms with van der Waals surface area (Å²) in [6.07, 6.45) is 4.55. The summed E-state index contributed by atoms with van der Waals surface area (Å²) in [5.74, 6) is 0.229. The number of piperidine rings is 1. The number of likely N-dealkylation sites (tertiary alicyclic amines) is 1. The van der Waals surface area contributed by atoms with E-state index in [1.807, 2.05) is 11.9 Å². The Kier molecular flexibility index (Phi) is 4.59. The molecule has 0 radical (unpaired) electrons. The zero-order valence-electron chi connectivity index (χ0n) is 11.5. The lowest BCUT2D eigenvalue weighted by Gasteiger charge is -2.38. The summed E-state index contributed by atoms with van der Waals surface area (Å²) in [6.45, 7) is 2.01. The number of hydrogen-bond donors (Lipinski definition) is 1. The minimum absolute atomic E-state index is 0.229. The van der Waals surface area contributed by atoms with E-state index >= 15 is 0 Å². The molecule has 5 heteroatoms. The first kappa shape index (κ1) is 13.8. The molecule has 2 aliphatic rings. The van der Waals surface area contributed by atoms with Gasteiger partial charge >= 0.3 is 0 Å². The van der Waals surface area contributed by atoms with Crippen LogP contribution in [0.25, 0.3) is 0 Å². The van der Waals surface area contributed by atoms with Gasteiger partial charge < -0.3 is 15.4 Å². The average molecular weight is 255 g/mol. The van der Waals surface area contributed by atoms with E-state index < -0.39 is 0 Å². The Morgan fingerprint density at radius 1 is 1.44 bits per heavy atom. The quantitative estimate of drug-likeness (QED) is 0.754. The molecule has 2 rings (SSSR count). The summed E-state index contributed by atoms with van der Waals surface area (Å²) in [5.41, 5.74) is 5.81. The lowest BCUT2D eigenvalue weighted by molar-refractivity contribution is -0.133. The van der Waals surface area contributed by atoms with Crippen molar-refractivity contribution in [3.8, 4) is 0 Å². The van der Waals surface area contributed by atoms with Gasteiger partial charge in [-0.05, 0) is 25.7 Å². The summed E-state index contributed by atoms with van der Waals surface area (Å²) in [7, 11) is 3.67. The Bertz CT molecular complexity index is 294. The van der Waals surface area contributed by atoms with Gasteiger partial charge in [0.05, 0.1) is 12.6 Å². The first-order chi connectivity index (χ1) is 8.65. The molecule has 1 aliphatic heterocycles. The van der Waals surface area contributed by atoms with E-state index in [0.29, 0.717) is 25.2 Å². The van der Waals surface area contributed by atoms with Crippen LogP contribution in [0.2, 0.25) is 0 Å². The first-order valence-electron chi connectivity index (χ1n) is 6.88. The van der Waals surface area contributed by atoms with Crippen LogP contribution in [-0.2, 0) is 9.53 Å². The number of ether oxygens (including phenoxy) is 1. The van der Waals surface area contributed by atoms with Crippen LogP contribution < -0.4 is 5.73 Å². The number of likely N-dealkylation sites (N-methyl/N-ethyl adjacent to an activating group) is 1. The molecular formula is C13H25N3O2. The van der Waals surface area contributed by atoms with Crippen molar-refractivity contribution in [1.82, 2.24) is 9.80 Å². The third kappa shape index (κ3) is 3.22. The van der Waals surface area contributed by atoms with Crippen LogP contribution in [0.3, 0.4) is 0 Å². The van der Waals surface area contributed by atoms with Crippen LogP contribution >= 0.6 is 0 Å². The highest BCUT2D eigenvalue weighted by Gasteiger charge is 2.33. The fourth-order valence-corrected chi connectivity index (χ4v) is 2.68. The van der Waals surface area contributed by atoms with Crippen molar-refractivity contribution in [1.29, 1.82) is 0 Å². The van der Waals surface area contributed by atoms with Crippen LogP contribution in [-0.4, -0.2) is 67.7 Å². The minimum atomic E-state index is 0.229. The molecule has 0 aromatic heterocycles. The Labute approximate surface area is 109 Å². The lowest BCUT2D eigenvalue weighted by atomic mass is 9.99. The summed E-state index contributed by atoms with van der Waals surface area (Å²) >= 11 is 0. The summed E-state index contributed by atoms with van der Waals surface area (Å²) < 4.78 is 5.39. The molecule has 0 spiro atoms. The second-order valence-electron chi connectivity index (χ2n) is 5.48. The maximum atomic E-state index is 12.1. The van der Waals surface area contributed by atoms with E-state index in [2.05, 4.69) is 4.90 Å². The highest BCUT2D eigenvalue weighted by molar-refractivity contribution is 5.78. The third-order valence-corrected chi connectivity index (χ3v) is 4.22. The number of methoxy groups -OCH3 is 1. The van der Waals surface area contributed by atoms with Gasteiger partial charge in [-0.3, -0.25) is 9.69 Å². The number of nitrogens with zero attached hydrogens (tertiary/aromatic N) is 2. The van der Waals surface area contributed by atoms with Crippen molar-refractivity contribution in [3.63, 3.8) is 0 Å². The molecule has 1 amide bonds. The predicted octanol–water partition coefficient (Wildman–Crippen LogP) is 0.0453. The van der Waals surface area contributed by atoms with Crippen LogP contribution in [0.15, 0.2) is 0 Å². The predicted molar refractivity (Wildman–Crippen MR) is 70.2 cm³/mol. The fourth-order valence-electron chi connectivity index (χ4n) is 2.68. The SMILES string of the molecule is COC1CCN(CC(=O)N(C)C2CC2)C(CN)C1. The van der Waals surface area contributed by atoms with Gasteiger partial charge in [0.1, 0.15) is 0 Å². The van der Waals surface area contributed by atoms with E-state index in [1.54, 1.807) is 7.11 Å². The van der Waals surface area contributed by atoms with Crippen molar-refractivity contribution < 1.29 is 9.53 Å². The Morgan fingerprint density at radius 2 is 2.17 bits per heavy atom. The standard InChI is InChI=1S/C13H25N3O2/c1-15(10-3-4-10)13(17)9-16-6-5-12(18-2)7-11(16)8-14/h10-12H,3-9,14H2,1-2H3. The van der Waals surface area contributed by atoms with Crippen molar-refractivity contribution in [2.24, 2.45) is 5.73 Å². The molecule has 2 atom stereocenters. The molecule has 2 fully saturated rings. The van der Waals surface area contributed by atoms with Gasteiger partial charge in [0.25, 0.3) is 0 Å². The highest BCUT2D eigenvalue weighted by atomic mass is 16.5. The van der Waals surface area contributed by atoms with Gasteiger partial charge in [0.15, 0.2) is 0 Å². The van der Waals surface area contributed by atoms with Gasteiger partial charge in [-0.15, -0.1) is 0 Å². The molecule has 0 aromatic carbocycles. The summed E-state index contributed by atoms with van der Waals surface area (Å²) in [4.78, 5) is 16.2. The maximum Gasteiger partial charge on any atom is 0.236 e. The number of hydrogen-bond acceptors (Lipinski definition) is 4. The van der Waals surface area contributed by atoms with Crippen molar-refractivity contribution in [2.75, 3.05) is 33.8 Å². The maximum absolute atomic E-state index is 12.1. The molecule has 2 unspecified atom stereocenters. The molecule has 1 saturated heterocycles. The number of amides is 1. The average Bonchev–Trinajstić information content (AvgIpc) is 3.22. The number of carbonyl (C=O) groups is 1. The smallest absolute Gasteiger partial charge is 0.236 e. The van der Waals surface area contributed by atoms with E-state index in [1.165, 1.54) is 0 Å². The Hall–Kier alpha value is -0.650. The van der Waals surface area contributed by atoms with Crippen molar-refractivity contribution in [2.45, 2.75) is 43.9 Å². The molecule has 1 aliphatic carbocycles. The molecule has 0 aromatic rings. The molecule has 2 N–H and O–H groups in total. The van der Waals surface area contributed by atoms with E-state index in [9.17, 15) is 4.79 Å². The molecule has 18 heavy (non-hydrogen) atoms. The van der Waals surface area contributed by atoms with Gasteiger partial charge in [0.2, 0.25) is 5.91 Å². The largest absolute Gasteiger partial charge is 0.381 e. The lowest BCUT2D eigenvalue weighted by Crippen LogP contribution is -2.52. The molecule has 1 saturated carbocycles. The normalized spacial score (nSPS) is 29.3. The van der Waals surface area contributed by atoms with Crippen molar-refractivity contribution >= 4 is 5.91 Å². The molecule has 5 nitrogen and oxygen atoms in total. The van der Waals surface area contributed by atoms with Crippen molar-refractivity contribution in [3.05, 3.63) is 0 Å². The zero-order chi connectivity index (χ0) is 13.1. The Morgan fingerprint density at radius 3 is 2.72 bits per heavy atom. The summed E-state index contributed by atoms with van der Waals surface area (Å²) in [5, 5.41) is 0. The first-order valence-corrected chi connectivity index (χ1v) is 6.88. The number of nitrogens with two attached hydrogens (primary N) is 1. The van der Waals surface area contributed by atoms with Crippen LogP contribution in [0, 0.1) is 0 Å². The minimum Gasteiger partial charge on any atom is -0.381 e. The molecular weight excluding hydrogens is 230 g/mol. The van der Waals surface area contributed by atoms with Crippen LogP contribution in [0.5, 0.6) is 0 Å². The monoisotopic (exact) mass is 255 g/mol. The van der Waals surface area contributed by atoms with E-state index in [-0.39, 0.29) is 11.9 Å². The molecule has 1 heterocycles. The van der Waals surface area contributed by atoms with E-state index in [4.69, 9.17) is 10.5 Å². The van der Waals surface area contributed by atoms with Gasteiger partial charge in [-0.25, -0.2) is 0 Å². The van der Waals surface area contributed by atoms with E-state index in [0.717, 1.165) is 32.2 Å². The third-order valence-electron chi connectivity index (χ3n) is 4.22. The summed E-state index contributed by atoms with van der Waals surface area (Å²) in [6, 6.07) is 0.769. The van der Waals surface area contributed by atoms with Crippen LogP contribution in [0.1, 0.15) is 25.7 Å². The van der Waals surface area contributed by atoms with Gasteiger partial charge in [-0.1, -0.05) is 0 Å². The highest BCUT2D eigenvalue weighted by Crippen LogP contribution is 2.26. The van der Waals surface area contributed by atoms with Crippen LogP contribution in [0.4, 0.5) is 0 Å². The second-order valence-corrected chi connectivity index (χ2v) is 5.48. The van der Waals surface area contributed by atoms with Gasteiger partial charge in [-0.2, -0.15) is 0 Å². The topological polar surface area (TPSA) is 58.8 Å². The Balaban J connectivity index is 1.85. The molecule has 0 bridgehead atoms. The molecule has 104 valence electrons. The zero-order valence-corrected chi connectivity index (χ0v) is 11.5. The number of rotatable bonds is 5.